The highest BCUT2D eigenvalue weighted by atomic mass is 16.5. The summed E-state index contributed by atoms with van der Waals surface area (Å²) in [5.41, 5.74) is 0.102. The van der Waals surface area contributed by atoms with Crippen molar-refractivity contribution in [1.82, 2.24) is 10.5 Å². The van der Waals surface area contributed by atoms with E-state index in [-0.39, 0.29) is 17.5 Å². The van der Waals surface area contributed by atoms with E-state index in [0.29, 0.717) is 5.76 Å². The van der Waals surface area contributed by atoms with Crippen molar-refractivity contribution in [3.05, 3.63) is 17.5 Å². The number of rotatable bonds is 5. The zero-order chi connectivity index (χ0) is 13.9. The van der Waals surface area contributed by atoms with Crippen LogP contribution < -0.4 is 5.32 Å². The van der Waals surface area contributed by atoms with Gasteiger partial charge >= 0.3 is 5.97 Å². The molecule has 0 aromatic carbocycles. The molecule has 0 spiro atoms. The van der Waals surface area contributed by atoms with Crippen LogP contribution in [0.4, 0.5) is 0 Å². The second-order valence-electron chi connectivity index (χ2n) is 4.80. The van der Waals surface area contributed by atoms with Gasteiger partial charge < -0.3 is 14.9 Å². The summed E-state index contributed by atoms with van der Waals surface area (Å²) in [4.78, 5) is 22.8. The Labute approximate surface area is 105 Å². The van der Waals surface area contributed by atoms with Crippen LogP contribution in [0.5, 0.6) is 0 Å². The number of aromatic nitrogens is 1. The maximum atomic E-state index is 11.8. The van der Waals surface area contributed by atoms with Crippen molar-refractivity contribution in [2.45, 2.75) is 39.7 Å². The molecule has 1 rings (SSSR count). The van der Waals surface area contributed by atoms with Crippen LogP contribution in [-0.4, -0.2) is 28.2 Å². The molecular weight excluding hydrogens is 236 g/mol. The minimum atomic E-state index is -1.06. The molecule has 0 unspecified atom stereocenters. The normalized spacial score (nSPS) is 12.8. The largest absolute Gasteiger partial charge is 0.480 e. The predicted molar refractivity (Wildman–Crippen MR) is 64.3 cm³/mol. The van der Waals surface area contributed by atoms with E-state index in [2.05, 4.69) is 10.5 Å². The molecule has 0 fully saturated rings. The molecule has 6 heteroatoms. The number of carbonyl (C=O) groups is 2. The van der Waals surface area contributed by atoms with E-state index < -0.39 is 17.9 Å². The smallest absolute Gasteiger partial charge is 0.326 e. The number of nitrogens with zero attached hydrogens (tertiary/aromatic N) is 1. The maximum Gasteiger partial charge on any atom is 0.326 e. The van der Waals surface area contributed by atoms with Gasteiger partial charge in [0.25, 0.3) is 5.91 Å². The zero-order valence-electron chi connectivity index (χ0n) is 10.9. The minimum Gasteiger partial charge on any atom is -0.480 e. The van der Waals surface area contributed by atoms with Crippen molar-refractivity contribution in [3.63, 3.8) is 0 Å². The quantitative estimate of drug-likeness (QED) is 0.833. The number of amides is 1. The van der Waals surface area contributed by atoms with Gasteiger partial charge in [0.2, 0.25) is 0 Å². The molecule has 0 bridgehead atoms. The average molecular weight is 254 g/mol. The van der Waals surface area contributed by atoms with E-state index in [1.54, 1.807) is 13.8 Å². The molecule has 0 aliphatic rings. The minimum absolute atomic E-state index is 0.102. The van der Waals surface area contributed by atoms with E-state index in [1.807, 2.05) is 13.8 Å². The Morgan fingerprint density at radius 2 is 1.94 bits per heavy atom. The summed E-state index contributed by atoms with van der Waals surface area (Å²) < 4.78 is 4.99. The second-order valence-corrected chi connectivity index (χ2v) is 4.80. The van der Waals surface area contributed by atoms with Crippen molar-refractivity contribution < 1.29 is 19.2 Å². The molecule has 1 atom stereocenters. The summed E-state index contributed by atoms with van der Waals surface area (Å²) in [6.45, 7) is 7.27. The van der Waals surface area contributed by atoms with Crippen LogP contribution in [0.3, 0.4) is 0 Å². The van der Waals surface area contributed by atoms with Gasteiger partial charge in [0, 0.05) is 12.0 Å². The van der Waals surface area contributed by atoms with Gasteiger partial charge in [-0.15, -0.1) is 0 Å². The third-order valence-corrected chi connectivity index (χ3v) is 2.55. The highest BCUT2D eigenvalue weighted by Gasteiger charge is 2.25. The van der Waals surface area contributed by atoms with Crippen LogP contribution in [0, 0.1) is 5.92 Å². The Kier molecular flexibility index (Phi) is 4.47. The number of carboxylic acid groups (broad SMARTS) is 1. The lowest BCUT2D eigenvalue weighted by atomic mass is 10.0. The van der Waals surface area contributed by atoms with Crippen LogP contribution in [-0.2, 0) is 4.79 Å². The van der Waals surface area contributed by atoms with Gasteiger partial charge in [-0.05, 0) is 5.92 Å². The fraction of sp³-hybridized carbons (Fsp3) is 0.583. The van der Waals surface area contributed by atoms with Gasteiger partial charge in [0.05, 0.1) is 0 Å². The molecule has 100 valence electrons. The summed E-state index contributed by atoms with van der Waals surface area (Å²) in [6.07, 6.45) is 0. The van der Waals surface area contributed by atoms with Crippen molar-refractivity contribution in [2.24, 2.45) is 5.92 Å². The number of nitrogens with one attached hydrogen (secondary N) is 1. The first kappa shape index (κ1) is 14.2. The van der Waals surface area contributed by atoms with Crippen molar-refractivity contribution in [2.75, 3.05) is 0 Å². The summed E-state index contributed by atoms with van der Waals surface area (Å²) in [5, 5.41) is 15.0. The highest BCUT2D eigenvalue weighted by molar-refractivity contribution is 5.94. The Balaban J connectivity index is 2.77. The molecule has 0 saturated carbocycles. The molecule has 0 aliphatic heterocycles. The lowest BCUT2D eigenvalue weighted by Crippen LogP contribution is -2.44. The fourth-order valence-electron chi connectivity index (χ4n) is 1.40. The fourth-order valence-corrected chi connectivity index (χ4v) is 1.40. The monoisotopic (exact) mass is 254 g/mol. The molecule has 6 nitrogen and oxygen atoms in total. The summed E-state index contributed by atoms with van der Waals surface area (Å²) in [7, 11) is 0. The first-order valence-electron chi connectivity index (χ1n) is 5.83. The van der Waals surface area contributed by atoms with Crippen molar-refractivity contribution in [1.29, 1.82) is 0 Å². The van der Waals surface area contributed by atoms with Gasteiger partial charge in [0.1, 0.15) is 11.8 Å². The highest BCUT2D eigenvalue weighted by Crippen LogP contribution is 2.15. The van der Waals surface area contributed by atoms with Crippen LogP contribution in [0.25, 0.3) is 0 Å². The van der Waals surface area contributed by atoms with Gasteiger partial charge in [-0.25, -0.2) is 4.79 Å². The topological polar surface area (TPSA) is 92.4 Å². The number of carbonyl (C=O) groups excluding carboxylic acids is 1. The average Bonchev–Trinajstić information content (AvgIpc) is 2.73. The molecular formula is C12H18N2O4. The van der Waals surface area contributed by atoms with E-state index in [4.69, 9.17) is 9.63 Å². The van der Waals surface area contributed by atoms with Gasteiger partial charge in [-0.1, -0.05) is 32.9 Å². The molecule has 1 aromatic heterocycles. The lowest BCUT2D eigenvalue weighted by molar-refractivity contribution is -0.140. The molecule has 1 amide bonds. The number of aliphatic carboxylic acids is 1. The Morgan fingerprint density at radius 3 is 2.33 bits per heavy atom. The standard InChI is InChI=1S/C12H18N2O4/c1-6(2)9-5-8(14-18-9)11(15)13-10(7(3)4)12(16)17/h5-7,10H,1-4H3,(H,13,15)(H,16,17)/t10-/m1/s1. The van der Waals surface area contributed by atoms with Crippen LogP contribution >= 0.6 is 0 Å². The van der Waals surface area contributed by atoms with Crippen LogP contribution in [0.1, 0.15) is 49.9 Å². The van der Waals surface area contributed by atoms with Gasteiger partial charge in [-0.3, -0.25) is 4.79 Å². The number of hydrogen-bond acceptors (Lipinski definition) is 4. The zero-order valence-corrected chi connectivity index (χ0v) is 10.9. The van der Waals surface area contributed by atoms with E-state index in [9.17, 15) is 9.59 Å². The first-order chi connectivity index (χ1) is 8.32. The molecule has 0 radical (unpaired) electrons. The number of carboxylic acids is 1. The molecule has 1 aromatic rings. The lowest BCUT2D eigenvalue weighted by Gasteiger charge is -2.16. The summed E-state index contributed by atoms with van der Waals surface area (Å²) >= 11 is 0. The molecule has 0 aliphatic carbocycles. The number of hydrogen-bond donors (Lipinski definition) is 2. The van der Waals surface area contributed by atoms with E-state index in [1.165, 1.54) is 6.07 Å². The summed E-state index contributed by atoms with van der Waals surface area (Å²) in [6, 6.07) is 0.593. The van der Waals surface area contributed by atoms with Gasteiger partial charge in [-0.2, -0.15) is 0 Å². The Hall–Kier alpha value is -1.85. The Bertz CT molecular complexity index is 437. The van der Waals surface area contributed by atoms with E-state index in [0.717, 1.165) is 0 Å². The molecule has 2 N–H and O–H groups in total. The SMILES string of the molecule is CC(C)c1cc(C(=O)N[C@@H](C(=O)O)C(C)C)no1. The molecule has 1 heterocycles. The van der Waals surface area contributed by atoms with E-state index >= 15 is 0 Å². The van der Waals surface area contributed by atoms with Crippen molar-refractivity contribution >= 4 is 11.9 Å². The van der Waals surface area contributed by atoms with Crippen LogP contribution in [0.15, 0.2) is 10.6 Å². The third-order valence-electron chi connectivity index (χ3n) is 2.55. The van der Waals surface area contributed by atoms with Crippen LogP contribution in [0.2, 0.25) is 0 Å². The third kappa shape index (κ3) is 3.32. The second kappa shape index (κ2) is 5.66. The van der Waals surface area contributed by atoms with Gasteiger partial charge in [0.15, 0.2) is 5.69 Å². The first-order valence-corrected chi connectivity index (χ1v) is 5.83. The molecule has 0 saturated heterocycles. The van der Waals surface area contributed by atoms with Crippen molar-refractivity contribution in [3.8, 4) is 0 Å². The molecule has 18 heavy (non-hydrogen) atoms. The summed E-state index contributed by atoms with van der Waals surface area (Å²) in [5.74, 6) is -1.09. The Morgan fingerprint density at radius 1 is 1.33 bits per heavy atom. The predicted octanol–water partition coefficient (Wildman–Crippen LogP) is 1.64. The maximum absolute atomic E-state index is 11.8.